The van der Waals surface area contributed by atoms with Crippen molar-refractivity contribution in [1.29, 1.82) is 0 Å². The third kappa shape index (κ3) is 23.3. The van der Waals surface area contributed by atoms with Crippen LogP contribution in [0.4, 0.5) is 0 Å². The van der Waals surface area contributed by atoms with E-state index in [2.05, 4.69) is 4.74 Å². The zero-order chi connectivity index (χ0) is 12.6. The van der Waals surface area contributed by atoms with Crippen molar-refractivity contribution in [2.45, 2.75) is 19.8 Å². The first-order chi connectivity index (χ1) is 7.68. The van der Waals surface area contributed by atoms with Crippen LogP contribution < -0.4 is 0 Å². The average molecular weight is 236 g/mol. The Bertz CT molecular complexity index is 130. The molecular formula is C11H24O5. The molecule has 0 aliphatic rings. The van der Waals surface area contributed by atoms with Crippen LogP contribution in [-0.4, -0.2) is 53.7 Å². The molecule has 0 amide bonds. The standard InChI is InChI=1S/C8H18O3.C3H6O2/c1-9-5-3-7-11-8-4-6-10-2;1-3(4)5-2/h3-8H2,1-2H3;1-2H3. The number of esters is 1. The van der Waals surface area contributed by atoms with Crippen LogP contribution in [0.5, 0.6) is 0 Å². The monoisotopic (exact) mass is 236 g/mol. The van der Waals surface area contributed by atoms with E-state index in [0.29, 0.717) is 0 Å². The lowest BCUT2D eigenvalue weighted by molar-refractivity contribution is -0.137. The fraction of sp³-hybridized carbons (Fsp3) is 0.909. The molecule has 0 atom stereocenters. The fourth-order valence-corrected chi connectivity index (χ4v) is 0.713. The minimum atomic E-state index is -0.245. The van der Waals surface area contributed by atoms with Crippen LogP contribution in [0.2, 0.25) is 0 Å². The molecule has 0 aromatic rings. The van der Waals surface area contributed by atoms with Gasteiger partial charge in [0, 0.05) is 47.6 Å². The second-order valence-corrected chi connectivity index (χ2v) is 3.00. The third-order valence-corrected chi connectivity index (χ3v) is 1.56. The molecular weight excluding hydrogens is 212 g/mol. The summed E-state index contributed by atoms with van der Waals surface area (Å²) < 4.78 is 19.1. The number of carbonyl (C=O) groups excluding carboxylic acids is 1. The Morgan fingerprint density at radius 2 is 1.25 bits per heavy atom. The third-order valence-electron chi connectivity index (χ3n) is 1.56. The lowest BCUT2D eigenvalue weighted by Crippen LogP contribution is -2.02. The summed E-state index contributed by atoms with van der Waals surface area (Å²) in [5.74, 6) is -0.245. The molecule has 0 aromatic carbocycles. The van der Waals surface area contributed by atoms with E-state index in [-0.39, 0.29) is 5.97 Å². The summed E-state index contributed by atoms with van der Waals surface area (Å²) in [5, 5.41) is 0. The Hall–Kier alpha value is -0.650. The van der Waals surface area contributed by atoms with E-state index in [1.54, 1.807) is 14.2 Å². The lowest BCUT2D eigenvalue weighted by Gasteiger charge is -2.02. The van der Waals surface area contributed by atoms with Gasteiger partial charge in [-0.2, -0.15) is 0 Å². The van der Waals surface area contributed by atoms with E-state index >= 15 is 0 Å². The first-order valence-electron chi connectivity index (χ1n) is 5.29. The van der Waals surface area contributed by atoms with Crippen molar-refractivity contribution >= 4 is 5.97 Å². The van der Waals surface area contributed by atoms with Crippen LogP contribution in [0.1, 0.15) is 19.8 Å². The molecule has 0 rings (SSSR count). The van der Waals surface area contributed by atoms with Crippen molar-refractivity contribution in [3.63, 3.8) is 0 Å². The molecule has 5 heteroatoms. The van der Waals surface area contributed by atoms with Crippen molar-refractivity contribution in [3.05, 3.63) is 0 Å². The summed E-state index contributed by atoms with van der Waals surface area (Å²) in [7, 11) is 4.75. The molecule has 0 bridgehead atoms. The van der Waals surface area contributed by atoms with Crippen molar-refractivity contribution in [2.75, 3.05) is 47.8 Å². The first kappa shape index (κ1) is 17.7. The van der Waals surface area contributed by atoms with Crippen LogP contribution in [0.15, 0.2) is 0 Å². The van der Waals surface area contributed by atoms with E-state index in [1.807, 2.05) is 0 Å². The van der Waals surface area contributed by atoms with E-state index in [1.165, 1.54) is 14.0 Å². The Kier molecular flexibility index (Phi) is 18.6. The predicted octanol–water partition coefficient (Wildman–Crippen LogP) is 1.26. The molecule has 0 aromatic heterocycles. The Balaban J connectivity index is 0. The molecule has 0 spiro atoms. The highest BCUT2D eigenvalue weighted by Crippen LogP contribution is 1.86. The number of rotatable bonds is 8. The number of ether oxygens (including phenoxy) is 4. The number of hydrogen-bond donors (Lipinski definition) is 0. The minimum absolute atomic E-state index is 0.245. The molecule has 0 radical (unpaired) electrons. The minimum Gasteiger partial charge on any atom is -0.469 e. The van der Waals surface area contributed by atoms with Gasteiger partial charge in [-0.05, 0) is 12.8 Å². The van der Waals surface area contributed by atoms with E-state index in [4.69, 9.17) is 14.2 Å². The zero-order valence-electron chi connectivity index (χ0n) is 10.8. The molecule has 0 heterocycles. The molecule has 16 heavy (non-hydrogen) atoms. The van der Waals surface area contributed by atoms with Crippen LogP contribution in [0.3, 0.4) is 0 Å². The van der Waals surface area contributed by atoms with Crippen molar-refractivity contribution in [3.8, 4) is 0 Å². The van der Waals surface area contributed by atoms with E-state index in [0.717, 1.165) is 39.3 Å². The summed E-state index contributed by atoms with van der Waals surface area (Å²) >= 11 is 0. The molecule has 0 aliphatic carbocycles. The maximum atomic E-state index is 9.59. The highest BCUT2D eigenvalue weighted by Gasteiger charge is 1.88. The molecule has 0 fully saturated rings. The largest absolute Gasteiger partial charge is 0.469 e. The van der Waals surface area contributed by atoms with Gasteiger partial charge >= 0.3 is 5.97 Å². The smallest absolute Gasteiger partial charge is 0.302 e. The van der Waals surface area contributed by atoms with Gasteiger partial charge in [0.25, 0.3) is 0 Å². The van der Waals surface area contributed by atoms with Crippen LogP contribution in [0.25, 0.3) is 0 Å². The molecule has 0 unspecified atom stereocenters. The average Bonchev–Trinajstić information content (AvgIpc) is 2.29. The highest BCUT2D eigenvalue weighted by molar-refractivity contribution is 5.65. The van der Waals surface area contributed by atoms with Gasteiger partial charge in [-0.3, -0.25) is 4.79 Å². The Morgan fingerprint density at radius 1 is 0.875 bits per heavy atom. The molecule has 0 N–H and O–H groups in total. The first-order valence-corrected chi connectivity index (χ1v) is 5.29. The Labute approximate surface area is 98.0 Å². The summed E-state index contributed by atoms with van der Waals surface area (Å²) in [6.45, 7) is 4.50. The summed E-state index contributed by atoms with van der Waals surface area (Å²) in [6, 6.07) is 0. The van der Waals surface area contributed by atoms with Crippen LogP contribution >= 0.6 is 0 Å². The Morgan fingerprint density at radius 3 is 1.50 bits per heavy atom. The highest BCUT2D eigenvalue weighted by atomic mass is 16.5. The van der Waals surface area contributed by atoms with E-state index in [9.17, 15) is 4.79 Å². The van der Waals surface area contributed by atoms with Gasteiger partial charge in [-0.15, -0.1) is 0 Å². The molecule has 98 valence electrons. The topological polar surface area (TPSA) is 54.0 Å². The van der Waals surface area contributed by atoms with Gasteiger partial charge in [0.2, 0.25) is 0 Å². The van der Waals surface area contributed by atoms with Gasteiger partial charge < -0.3 is 18.9 Å². The van der Waals surface area contributed by atoms with Crippen LogP contribution in [0, 0.1) is 0 Å². The van der Waals surface area contributed by atoms with Crippen molar-refractivity contribution < 1.29 is 23.7 Å². The molecule has 0 saturated heterocycles. The lowest BCUT2D eigenvalue weighted by atomic mass is 10.4. The SMILES string of the molecule is COC(C)=O.COCCCOCCCOC. The van der Waals surface area contributed by atoms with Crippen molar-refractivity contribution in [2.24, 2.45) is 0 Å². The fourth-order valence-electron chi connectivity index (χ4n) is 0.713. The maximum Gasteiger partial charge on any atom is 0.302 e. The predicted molar refractivity (Wildman–Crippen MR) is 61.5 cm³/mol. The zero-order valence-corrected chi connectivity index (χ0v) is 10.8. The number of methoxy groups -OCH3 is 3. The van der Waals surface area contributed by atoms with Crippen molar-refractivity contribution in [1.82, 2.24) is 0 Å². The molecule has 5 nitrogen and oxygen atoms in total. The number of hydrogen-bond acceptors (Lipinski definition) is 5. The number of carbonyl (C=O) groups is 1. The quantitative estimate of drug-likeness (QED) is 0.469. The van der Waals surface area contributed by atoms with Gasteiger partial charge in [0.15, 0.2) is 0 Å². The summed E-state index contributed by atoms with van der Waals surface area (Å²) in [4.78, 5) is 9.59. The van der Waals surface area contributed by atoms with Gasteiger partial charge in [0.1, 0.15) is 0 Å². The van der Waals surface area contributed by atoms with Crippen LogP contribution in [-0.2, 0) is 23.7 Å². The summed E-state index contributed by atoms with van der Waals surface area (Å²) in [5.41, 5.74) is 0. The van der Waals surface area contributed by atoms with E-state index < -0.39 is 0 Å². The summed E-state index contributed by atoms with van der Waals surface area (Å²) in [6.07, 6.45) is 1.95. The van der Waals surface area contributed by atoms with Gasteiger partial charge in [-0.1, -0.05) is 0 Å². The molecule has 0 saturated carbocycles. The maximum absolute atomic E-state index is 9.59. The van der Waals surface area contributed by atoms with Gasteiger partial charge in [0.05, 0.1) is 7.11 Å². The second-order valence-electron chi connectivity index (χ2n) is 3.00. The normalized spacial score (nSPS) is 9.25. The van der Waals surface area contributed by atoms with Gasteiger partial charge in [-0.25, -0.2) is 0 Å². The second kappa shape index (κ2) is 16.8. The molecule has 0 aliphatic heterocycles.